The van der Waals surface area contributed by atoms with Crippen LogP contribution in [0.15, 0.2) is 12.4 Å². The summed E-state index contributed by atoms with van der Waals surface area (Å²) in [5, 5.41) is 7.86. The van der Waals surface area contributed by atoms with Crippen LogP contribution in [0.3, 0.4) is 0 Å². The van der Waals surface area contributed by atoms with Crippen molar-refractivity contribution in [2.75, 3.05) is 6.54 Å². The second-order valence-electron chi connectivity index (χ2n) is 4.70. The maximum atomic E-state index is 4.29. The lowest BCUT2D eigenvalue weighted by Gasteiger charge is -2.10. The number of hydrogen-bond donors (Lipinski definition) is 1. The Balaban J connectivity index is 1.73. The maximum Gasteiger partial charge on any atom is 0.0521 e. The Hall–Kier alpha value is -0.830. The van der Waals surface area contributed by atoms with Crippen LogP contribution in [-0.2, 0) is 13.0 Å². The van der Waals surface area contributed by atoms with Gasteiger partial charge in [-0.2, -0.15) is 5.10 Å². The Kier molecular flexibility index (Phi) is 3.41. The van der Waals surface area contributed by atoms with Crippen molar-refractivity contribution in [3.05, 3.63) is 18.0 Å². The fourth-order valence-corrected chi connectivity index (χ4v) is 1.81. The molecule has 1 aliphatic rings. The highest BCUT2D eigenvalue weighted by Crippen LogP contribution is 2.19. The first kappa shape index (κ1) is 10.7. The summed E-state index contributed by atoms with van der Waals surface area (Å²) in [6.07, 6.45) is 8.05. The van der Waals surface area contributed by atoms with Crippen LogP contribution in [0.4, 0.5) is 0 Å². The third-order valence-corrected chi connectivity index (χ3v) is 2.93. The molecule has 0 bridgehead atoms. The van der Waals surface area contributed by atoms with Crippen molar-refractivity contribution in [2.24, 2.45) is 5.92 Å². The summed E-state index contributed by atoms with van der Waals surface area (Å²) in [4.78, 5) is 0. The molecule has 15 heavy (non-hydrogen) atoms. The number of hydrogen-bond acceptors (Lipinski definition) is 2. The molecule has 3 heteroatoms. The molecule has 1 saturated carbocycles. The molecule has 0 amide bonds. The molecule has 0 aliphatic heterocycles. The second kappa shape index (κ2) is 4.79. The third kappa shape index (κ3) is 3.34. The molecule has 0 saturated heterocycles. The molecule has 2 rings (SSSR count). The summed E-state index contributed by atoms with van der Waals surface area (Å²) in [5.74, 6) is 0.708. The molecular weight excluding hydrogens is 186 g/mol. The molecule has 1 atom stereocenters. The summed E-state index contributed by atoms with van der Waals surface area (Å²) in [5.41, 5.74) is 1.36. The normalized spacial score (nSPS) is 18.0. The highest BCUT2D eigenvalue weighted by Gasteiger charge is 2.20. The molecular formula is C12H21N3. The van der Waals surface area contributed by atoms with Crippen LogP contribution in [0.5, 0.6) is 0 Å². The quantitative estimate of drug-likeness (QED) is 0.771. The Labute approximate surface area is 91.9 Å². The van der Waals surface area contributed by atoms with E-state index < -0.39 is 0 Å². The maximum absolute atomic E-state index is 4.29. The van der Waals surface area contributed by atoms with Crippen molar-refractivity contribution in [2.45, 2.75) is 45.7 Å². The predicted octanol–water partition coefficient (Wildman–Crippen LogP) is 1.83. The van der Waals surface area contributed by atoms with Gasteiger partial charge in [0.05, 0.1) is 6.20 Å². The average molecular weight is 207 g/mol. The first-order valence-corrected chi connectivity index (χ1v) is 6.02. The largest absolute Gasteiger partial charge is 0.314 e. The monoisotopic (exact) mass is 207 g/mol. The third-order valence-electron chi connectivity index (χ3n) is 2.93. The van der Waals surface area contributed by atoms with Crippen molar-refractivity contribution in [1.82, 2.24) is 15.1 Å². The van der Waals surface area contributed by atoms with Gasteiger partial charge in [0.1, 0.15) is 0 Å². The molecule has 1 aromatic heterocycles. The highest BCUT2D eigenvalue weighted by molar-refractivity contribution is 5.04. The first-order chi connectivity index (χ1) is 7.28. The van der Waals surface area contributed by atoms with Crippen molar-refractivity contribution in [3.63, 3.8) is 0 Å². The smallest absolute Gasteiger partial charge is 0.0521 e. The lowest BCUT2D eigenvalue weighted by molar-refractivity contribution is 0.509. The van der Waals surface area contributed by atoms with Crippen molar-refractivity contribution in [3.8, 4) is 0 Å². The first-order valence-electron chi connectivity index (χ1n) is 6.02. The number of rotatable bonds is 6. The number of nitrogens with zero attached hydrogens (tertiary/aromatic N) is 2. The van der Waals surface area contributed by atoms with Crippen molar-refractivity contribution >= 4 is 0 Å². The molecule has 1 N–H and O–H groups in total. The van der Waals surface area contributed by atoms with Gasteiger partial charge in [0.2, 0.25) is 0 Å². The van der Waals surface area contributed by atoms with Gasteiger partial charge in [-0.15, -0.1) is 0 Å². The Morgan fingerprint density at radius 1 is 1.60 bits per heavy atom. The molecule has 0 spiro atoms. The van der Waals surface area contributed by atoms with E-state index in [2.05, 4.69) is 30.5 Å². The van der Waals surface area contributed by atoms with Crippen LogP contribution in [0.25, 0.3) is 0 Å². The molecule has 0 aromatic carbocycles. The van der Waals surface area contributed by atoms with E-state index in [0.29, 0.717) is 5.92 Å². The van der Waals surface area contributed by atoms with Gasteiger partial charge in [-0.05, 0) is 44.2 Å². The van der Waals surface area contributed by atoms with E-state index in [-0.39, 0.29) is 0 Å². The summed E-state index contributed by atoms with van der Waals surface area (Å²) in [6.45, 7) is 6.53. The minimum atomic E-state index is 0.708. The van der Waals surface area contributed by atoms with Crippen LogP contribution in [0.2, 0.25) is 0 Å². The second-order valence-corrected chi connectivity index (χ2v) is 4.70. The standard InChI is InChI=1S/C12H21N3/c1-3-15-9-11(8-14-15)6-10(2)7-13-12-4-5-12/h8-10,12-13H,3-7H2,1-2H3. The van der Waals surface area contributed by atoms with Gasteiger partial charge < -0.3 is 5.32 Å². The zero-order valence-electron chi connectivity index (χ0n) is 9.74. The van der Waals surface area contributed by atoms with Crippen molar-refractivity contribution < 1.29 is 0 Å². The van der Waals surface area contributed by atoms with Gasteiger partial charge in [-0.3, -0.25) is 4.68 Å². The molecule has 1 aliphatic carbocycles. The van der Waals surface area contributed by atoms with Crippen LogP contribution >= 0.6 is 0 Å². The molecule has 3 nitrogen and oxygen atoms in total. The van der Waals surface area contributed by atoms with Crippen LogP contribution in [0, 0.1) is 5.92 Å². The number of nitrogens with one attached hydrogen (secondary N) is 1. The zero-order chi connectivity index (χ0) is 10.7. The summed E-state index contributed by atoms with van der Waals surface area (Å²) in [6, 6.07) is 0.825. The van der Waals surface area contributed by atoms with E-state index in [9.17, 15) is 0 Å². The number of aromatic nitrogens is 2. The molecule has 1 aromatic rings. The van der Waals surface area contributed by atoms with E-state index in [1.54, 1.807) is 0 Å². The molecule has 1 unspecified atom stereocenters. The number of aryl methyl sites for hydroxylation is 1. The molecule has 1 fully saturated rings. The van der Waals surface area contributed by atoms with E-state index in [1.807, 2.05) is 10.9 Å². The van der Waals surface area contributed by atoms with Gasteiger partial charge in [-0.1, -0.05) is 6.92 Å². The van der Waals surface area contributed by atoms with Gasteiger partial charge in [0.15, 0.2) is 0 Å². The topological polar surface area (TPSA) is 29.9 Å². The van der Waals surface area contributed by atoms with Gasteiger partial charge in [0.25, 0.3) is 0 Å². The van der Waals surface area contributed by atoms with E-state index in [0.717, 1.165) is 25.6 Å². The molecule has 84 valence electrons. The fraction of sp³-hybridized carbons (Fsp3) is 0.750. The minimum absolute atomic E-state index is 0.708. The summed E-state index contributed by atoms with van der Waals surface area (Å²) >= 11 is 0. The lowest BCUT2D eigenvalue weighted by atomic mass is 10.0. The Bertz CT molecular complexity index is 302. The summed E-state index contributed by atoms with van der Waals surface area (Å²) in [7, 11) is 0. The zero-order valence-corrected chi connectivity index (χ0v) is 9.74. The predicted molar refractivity (Wildman–Crippen MR) is 61.8 cm³/mol. The van der Waals surface area contributed by atoms with E-state index >= 15 is 0 Å². The van der Waals surface area contributed by atoms with Gasteiger partial charge >= 0.3 is 0 Å². The molecule has 1 heterocycles. The van der Waals surface area contributed by atoms with Gasteiger partial charge in [0, 0.05) is 18.8 Å². The molecule has 0 radical (unpaired) electrons. The van der Waals surface area contributed by atoms with Crippen LogP contribution in [-0.4, -0.2) is 22.4 Å². The Morgan fingerprint density at radius 2 is 2.40 bits per heavy atom. The van der Waals surface area contributed by atoms with Gasteiger partial charge in [-0.25, -0.2) is 0 Å². The Morgan fingerprint density at radius 3 is 3.00 bits per heavy atom. The van der Waals surface area contributed by atoms with Crippen LogP contribution < -0.4 is 5.32 Å². The van der Waals surface area contributed by atoms with Crippen molar-refractivity contribution in [1.29, 1.82) is 0 Å². The van der Waals surface area contributed by atoms with E-state index in [1.165, 1.54) is 18.4 Å². The SMILES string of the molecule is CCn1cc(CC(C)CNC2CC2)cn1. The lowest BCUT2D eigenvalue weighted by Crippen LogP contribution is -2.24. The minimum Gasteiger partial charge on any atom is -0.314 e. The van der Waals surface area contributed by atoms with Crippen LogP contribution in [0.1, 0.15) is 32.3 Å². The highest BCUT2D eigenvalue weighted by atomic mass is 15.3. The fourth-order valence-electron chi connectivity index (χ4n) is 1.81. The summed E-state index contributed by atoms with van der Waals surface area (Å²) < 4.78 is 2.00. The van der Waals surface area contributed by atoms with E-state index in [4.69, 9.17) is 0 Å². The average Bonchev–Trinajstić information content (AvgIpc) is 2.96.